The van der Waals surface area contributed by atoms with Crippen LogP contribution in [0.5, 0.6) is 0 Å². The third-order valence-corrected chi connectivity index (χ3v) is 1.53. The fourth-order valence-corrected chi connectivity index (χ4v) is 0.934. The highest BCUT2D eigenvalue weighted by Crippen LogP contribution is 1.90. The second-order valence-electron chi connectivity index (χ2n) is 2.19. The fourth-order valence-electron chi connectivity index (χ4n) is 0.730. The first-order chi connectivity index (χ1) is 5.22. The van der Waals surface area contributed by atoms with Crippen LogP contribution in [-0.2, 0) is 9.53 Å². The number of hydrogen-bond donors (Lipinski definition) is 0. The van der Waals surface area contributed by atoms with E-state index < -0.39 is 0 Å². The van der Waals surface area contributed by atoms with Gasteiger partial charge in [-0.15, -0.1) is 11.6 Å². The summed E-state index contributed by atoms with van der Waals surface area (Å²) in [6, 6.07) is 0. The molecule has 0 aromatic heterocycles. The van der Waals surface area contributed by atoms with Gasteiger partial charge in [0.15, 0.2) is 0 Å². The standard InChI is InChI=1S/C7H14ClNO2/c1-7(10)9(4-3-8)5-6-11-2/h3-6H2,1-2H3. The Balaban J connectivity index is 3.60. The van der Waals surface area contributed by atoms with Gasteiger partial charge in [0.25, 0.3) is 0 Å². The van der Waals surface area contributed by atoms with Gasteiger partial charge in [-0.3, -0.25) is 4.79 Å². The van der Waals surface area contributed by atoms with Gasteiger partial charge in [-0.2, -0.15) is 0 Å². The molecule has 0 bridgehead atoms. The van der Waals surface area contributed by atoms with Crippen LogP contribution >= 0.6 is 11.6 Å². The van der Waals surface area contributed by atoms with Gasteiger partial charge in [0.05, 0.1) is 6.61 Å². The quantitative estimate of drug-likeness (QED) is 0.583. The first-order valence-corrected chi connectivity index (χ1v) is 4.06. The van der Waals surface area contributed by atoms with Gasteiger partial charge in [0, 0.05) is 33.0 Å². The zero-order valence-corrected chi connectivity index (χ0v) is 7.73. The molecule has 0 atom stereocenters. The maximum Gasteiger partial charge on any atom is 0.219 e. The van der Waals surface area contributed by atoms with Crippen LogP contribution < -0.4 is 0 Å². The van der Waals surface area contributed by atoms with E-state index in [0.29, 0.717) is 25.6 Å². The number of alkyl halides is 1. The van der Waals surface area contributed by atoms with Gasteiger partial charge in [0.1, 0.15) is 0 Å². The Morgan fingerprint density at radius 1 is 1.55 bits per heavy atom. The lowest BCUT2D eigenvalue weighted by molar-refractivity contribution is -0.129. The molecule has 0 saturated heterocycles. The van der Waals surface area contributed by atoms with Crippen LogP contribution in [-0.4, -0.2) is 43.5 Å². The molecule has 0 aliphatic heterocycles. The van der Waals surface area contributed by atoms with Crippen LogP contribution in [0.1, 0.15) is 6.92 Å². The van der Waals surface area contributed by atoms with Crippen LogP contribution in [0, 0.1) is 0 Å². The fraction of sp³-hybridized carbons (Fsp3) is 0.857. The van der Waals surface area contributed by atoms with Gasteiger partial charge in [-0.25, -0.2) is 0 Å². The lowest BCUT2D eigenvalue weighted by Gasteiger charge is -2.18. The lowest BCUT2D eigenvalue weighted by atomic mass is 10.5. The minimum absolute atomic E-state index is 0.0442. The molecular weight excluding hydrogens is 166 g/mol. The number of rotatable bonds is 5. The van der Waals surface area contributed by atoms with Crippen molar-refractivity contribution in [3.05, 3.63) is 0 Å². The van der Waals surface area contributed by atoms with Crippen molar-refractivity contribution in [3.8, 4) is 0 Å². The van der Waals surface area contributed by atoms with Crippen LogP contribution in [0.3, 0.4) is 0 Å². The van der Waals surface area contributed by atoms with Crippen LogP contribution in [0.15, 0.2) is 0 Å². The maximum atomic E-state index is 10.9. The van der Waals surface area contributed by atoms with E-state index in [1.807, 2.05) is 0 Å². The summed E-state index contributed by atoms with van der Waals surface area (Å²) in [6.07, 6.45) is 0. The minimum atomic E-state index is 0.0442. The summed E-state index contributed by atoms with van der Waals surface area (Å²) in [5.41, 5.74) is 0. The normalized spacial score (nSPS) is 9.73. The molecule has 0 aromatic carbocycles. The number of methoxy groups -OCH3 is 1. The van der Waals surface area contributed by atoms with Gasteiger partial charge in [0.2, 0.25) is 5.91 Å². The number of carbonyl (C=O) groups excluding carboxylic acids is 1. The topological polar surface area (TPSA) is 29.5 Å². The Hall–Kier alpha value is -0.280. The third kappa shape index (κ3) is 5.04. The summed E-state index contributed by atoms with van der Waals surface area (Å²) < 4.78 is 4.83. The number of hydrogen-bond acceptors (Lipinski definition) is 2. The number of nitrogens with zero attached hydrogens (tertiary/aromatic N) is 1. The molecule has 3 nitrogen and oxygen atoms in total. The molecule has 0 N–H and O–H groups in total. The van der Waals surface area contributed by atoms with Gasteiger partial charge < -0.3 is 9.64 Å². The summed E-state index contributed by atoms with van der Waals surface area (Å²) in [4.78, 5) is 12.5. The molecular formula is C7H14ClNO2. The Morgan fingerprint density at radius 3 is 2.55 bits per heavy atom. The molecule has 0 aromatic rings. The summed E-state index contributed by atoms with van der Waals surface area (Å²) >= 11 is 5.48. The molecule has 4 heteroatoms. The van der Waals surface area contributed by atoms with Crippen molar-refractivity contribution in [1.82, 2.24) is 4.90 Å². The SMILES string of the molecule is COCCN(CCCl)C(C)=O. The average Bonchev–Trinajstić information content (AvgIpc) is 1.97. The molecule has 0 saturated carbocycles. The highest BCUT2D eigenvalue weighted by Gasteiger charge is 2.05. The van der Waals surface area contributed by atoms with Crippen LogP contribution in [0.25, 0.3) is 0 Å². The molecule has 66 valence electrons. The van der Waals surface area contributed by atoms with Crippen LogP contribution in [0.2, 0.25) is 0 Å². The average molecular weight is 180 g/mol. The smallest absolute Gasteiger partial charge is 0.219 e. The molecule has 1 amide bonds. The first-order valence-electron chi connectivity index (χ1n) is 3.52. The third-order valence-electron chi connectivity index (χ3n) is 1.37. The minimum Gasteiger partial charge on any atom is -0.383 e. The molecule has 0 aliphatic carbocycles. The number of ether oxygens (including phenoxy) is 1. The van der Waals surface area contributed by atoms with Crippen LogP contribution in [0.4, 0.5) is 0 Å². The van der Waals surface area contributed by atoms with Gasteiger partial charge in [-0.05, 0) is 0 Å². The molecule has 0 unspecified atom stereocenters. The monoisotopic (exact) mass is 179 g/mol. The summed E-state index contributed by atoms with van der Waals surface area (Å²) in [5, 5.41) is 0. The van der Waals surface area contributed by atoms with E-state index in [1.54, 1.807) is 12.0 Å². The predicted molar refractivity (Wildman–Crippen MR) is 44.9 cm³/mol. The van der Waals surface area contributed by atoms with E-state index in [-0.39, 0.29) is 5.91 Å². The highest BCUT2D eigenvalue weighted by molar-refractivity contribution is 6.18. The van der Waals surface area contributed by atoms with Gasteiger partial charge >= 0.3 is 0 Å². The first kappa shape index (κ1) is 10.7. The molecule has 11 heavy (non-hydrogen) atoms. The second kappa shape index (κ2) is 6.43. The summed E-state index contributed by atoms with van der Waals surface area (Å²) in [6.45, 7) is 3.32. The van der Waals surface area contributed by atoms with Crippen molar-refractivity contribution in [2.24, 2.45) is 0 Å². The number of halogens is 1. The Labute approximate surface area is 72.3 Å². The molecule has 0 heterocycles. The van der Waals surface area contributed by atoms with Crippen molar-refractivity contribution in [2.75, 3.05) is 32.7 Å². The largest absolute Gasteiger partial charge is 0.383 e. The Morgan fingerprint density at radius 2 is 2.18 bits per heavy atom. The maximum absolute atomic E-state index is 10.9. The lowest BCUT2D eigenvalue weighted by Crippen LogP contribution is -2.33. The van der Waals surface area contributed by atoms with E-state index in [0.717, 1.165) is 0 Å². The predicted octanol–water partition coefficient (Wildman–Crippen LogP) is 0.720. The molecule has 0 fully saturated rings. The van der Waals surface area contributed by atoms with Crippen molar-refractivity contribution in [1.29, 1.82) is 0 Å². The highest BCUT2D eigenvalue weighted by atomic mass is 35.5. The van der Waals surface area contributed by atoms with Crippen molar-refractivity contribution < 1.29 is 9.53 Å². The molecule has 0 aliphatic rings. The second-order valence-corrected chi connectivity index (χ2v) is 2.57. The number of amides is 1. The van der Waals surface area contributed by atoms with Crippen molar-refractivity contribution in [2.45, 2.75) is 6.92 Å². The van der Waals surface area contributed by atoms with E-state index in [1.165, 1.54) is 6.92 Å². The van der Waals surface area contributed by atoms with Gasteiger partial charge in [-0.1, -0.05) is 0 Å². The van der Waals surface area contributed by atoms with E-state index in [4.69, 9.17) is 16.3 Å². The van der Waals surface area contributed by atoms with Crippen molar-refractivity contribution >= 4 is 17.5 Å². The Kier molecular flexibility index (Phi) is 6.27. The molecule has 0 rings (SSSR count). The van der Waals surface area contributed by atoms with E-state index in [2.05, 4.69) is 0 Å². The summed E-state index contributed by atoms with van der Waals surface area (Å²) in [5.74, 6) is 0.520. The van der Waals surface area contributed by atoms with Crippen molar-refractivity contribution in [3.63, 3.8) is 0 Å². The summed E-state index contributed by atoms with van der Waals surface area (Å²) in [7, 11) is 1.61. The molecule has 0 spiro atoms. The zero-order valence-electron chi connectivity index (χ0n) is 6.97. The zero-order chi connectivity index (χ0) is 8.69. The molecule has 0 radical (unpaired) electrons. The number of carbonyl (C=O) groups is 1. The van der Waals surface area contributed by atoms with E-state index in [9.17, 15) is 4.79 Å². The Bertz CT molecular complexity index is 119. The van der Waals surface area contributed by atoms with E-state index >= 15 is 0 Å².